The van der Waals surface area contributed by atoms with Crippen LogP contribution in [0.5, 0.6) is 0 Å². The molecule has 17 heavy (non-hydrogen) atoms. The van der Waals surface area contributed by atoms with E-state index < -0.39 is 23.6 Å². The molecular weight excluding hydrogens is 228 g/mol. The van der Waals surface area contributed by atoms with Crippen LogP contribution < -0.4 is 5.73 Å². The number of nitrogens with zero attached hydrogens (tertiary/aromatic N) is 3. The van der Waals surface area contributed by atoms with Crippen LogP contribution in [-0.4, -0.2) is 44.3 Å². The van der Waals surface area contributed by atoms with Gasteiger partial charge in [0.2, 0.25) is 5.82 Å². The first-order valence-electron chi connectivity index (χ1n) is 4.74. The van der Waals surface area contributed by atoms with Crippen molar-refractivity contribution in [1.82, 2.24) is 14.9 Å². The molecule has 0 saturated carbocycles. The Kier molecular flexibility index (Phi) is 2.27. The predicted octanol–water partition coefficient (Wildman–Crippen LogP) is -0.627. The van der Waals surface area contributed by atoms with Crippen LogP contribution in [0.1, 0.15) is 38.4 Å². The number of hydrogen-bond acceptors (Lipinski definition) is 6. The van der Waals surface area contributed by atoms with E-state index in [1.165, 1.54) is 0 Å². The number of carboxylic acid groups (broad SMARTS) is 1. The number of nitrogen functional groups attached to an aromatic ring is 1. The average molecular weight is 236 g/mol. The molecule has 0 aliphatic carbocycles. The first kappa shape index (κ1) is 11.0. The monoisotopic (exact) mass is 236 g/mol. The van der Waals surface area contributed by atoms with E-state index in [0.29, 0.717) is 0 Å². The lowest BCUT2D eigenvalue weighted by atomic mass is 10.2. The first-order chi connectivity index (χ1) is 7.97. The van der Waals surface area contributed by atoms with E-state index in [1.54, 1.807) is 6.92 Å². The second kappa shape index (κ2) is 3.51. The van der Waals surface area contributed by atoms with Gasteiger partial charge in [0.05, 0.1) is 0 Å². The molecule has 1 aliphatic rings. The molecule has 0 bridgehead atoms. The van der Waals surface area contributed by atoms with Crippen molar-refractivity contribution < 1.29 is 19.5 Å². The van der Waals surface area contributed by atoms with Crippen molar-refractivity contribution in [3.8, 4) is 0 Å². The van der Waals surface area contributed by atoms with Gasteiger partial charge in [0, 0.05) is 6.54 Å². The normalized spacial score (nSPS) is 14.1. The van der Waals surface area contributed by atoms with E-state index in [0.717, 1.165) is 4.90 Å². The van der Waals surface area contributed by atoms with Crippen molar-refractivity contribution in [2.24, 2.45) is 0 Å². The van der Waals surface area contributed by atoms with Gasteiger partial charge >= 0.3 is 5.97 Å². The van der Waals surface area contributed by atoms with Gasteiger partial charge < -0.3 is 10.8 Å². The molecule has 2 amide bonds. The minimum atomic E-state index is -1.41. The number of anilines is 1. The number of fused-ring (bicyclic) bond motifs is 1. The predicted molar refractivity (Wildman–Crippen MR) is 54.4 cm³/mol. The van der Waals surface area contributed by atoms with Crippen LogP contribution in [-0.2, 0) is 0 Å². The second-order valence-corrected chi connectivity index (χ2v) is 3.32. The molecule has 0 radical (unpaired) electrons. The van der Waals surface area contributed by atoms with Gasteiger partial charge in [-0.15, -0.1) is 0 Å². The van der Waals surface area contributed by atoms with Crippen molar-refractivity contribution in [2.75, 3.05) is 12.3 Å². The van der Waals surface area contributed by atoms with Crippen LogP contribution in [0.2, 0.25) is 0 Å². The summed E-state index contributed by atoms with van der Waals surface area (Å²) in [5.74, 6) is -3.54. The molecule has 0 fully saturated rings. The zero-order valence-electron chi connectivity index (χ0n) is 8.80. The molecule has 8 nitrogen and oxygen atoms in total. The lowest BCUT2D eigenvalue weighted by Crippen LogP contribution is -2.29. The maximum Gasteiger partial charge on any atom is 0.374 e. The number of aromatic carboxylic acids is 1. The van der Waals surface area contributed by atoms with Crippen LogP contribution in [0.3, 0.4) is 0 Å². The second-order valence-electron chi connectivity index (χ2n) is 3.32. The number of nitrogens with two attached hydrogens (primary N) is 1. The standard InChI is InChI=1S/C9H8N4O4/c1-2-13-7(14)3-4(8(13)15)11-6(9(16)17)12-5(3)10/h2H2,1H3,(H,16,17)(H2,10,11,12). The summed E-state index contributed by atoms with van der Waals surface area (Å²) in [6.07, 6.45) is 0. The number of rotatable bonds is 2. The minimum Gasteiger partial charge on any atom is -0.475 e. The molecule has 8 heteroatoms. The SMILES string of the molecule is CCN1C(=O)c2nc(C(=O)O)nc(N)c2C1=O. The largest absolute Gasteiger partial charge is 0.475 e. The van der Waals surface area contributed by atoms with E-state index in [2.05, 4.69) is 9.97 Å². The quantitative estimate of drug-likeness (QED) is 0.654. The van der Waals surface area contributed by atoms with Gasteiger partial charge in [0.25, 0.3) is 11.8 Å². The van der Waals surface area contributed by atoms with Gasteiger partial charge in [-0.1, -0.05) is 0 Å². The fourth-order valence-corrected chi connectivity index (χ4v) is 1.58. The summed E-state index contributed by atoms with van der Waals surface area (Å²) in [4.78, 5) is 42.1. The Bertz CT molecular complexity index is 554. The third-order valence-corrected chi connectivity index (χ3v) is 2.35. The highest BCUT2D eigenvalue weighted by molar-refractivity contribution is 6.22. The molecule has 0 saturated heterocycles. The van der Waals surface area contributed by atoms with E-state index >= 15 is 0 Å². The molecule has 1 aromatic heterocycles. The average Bonchev–Trinajstić information content (AvgIpc) is 2.51. The van der Waals surface area contributed by atoms with E-state index in [4.69, 9.17) is 10.8 Å². The Morgan fingerprint density at radius 1 is 1.35 bits per heavy atom. The maximum atomic E-state index is 11.7. The summed E-state index contributed by atoms with van der Waals surface area (Å²) in [5.41, 5.74) is 5.09. The van der Waals surface area contributed by atoms with E-state index in [9.17, 15) is 14.4 Å². The van der Waals surface area contributed by atoms with Crippen LogP contribution >= 0.6 is 0 Å². The van der Waals surface area contributed by atoms with Crippen LogP contribution in [0.25, 0.3) is 0 Å². The molecule has 0 aromatic carbocycles. The zero-order valence-corrected chi connectivity index (χ0v) is 8.80. The molecule has 1 aliphatic heterocycles. The first-order valence-corrected chi connectivity index (χ1v) is 4.74. The molecule has 1 aromatic rings. The number of amides is 2. The number of carbonyl (C=O) groups is 3. The van der Waals surface area contributed by atoms with Gasteiger partial charge in [-0.05, 0) is 6.92 Å². The van der Waals surface area contributed by atoms with Crippen LogP contribution in [0.15, 0.2) is 0 Å². The van der Waals surface area contributed by atoms with Gasteiger partial charge in [-0.2, -0.15) is 0 Å². The summed E-state index contributed by atoms with van der Waals surface area (Å²) >= 11 is 0. The van der Waals surface area contributed by atoms with Crippen LogP contribution in [0, 0.1) is 0 Å². The van der Waals surface area contributed by atoms with Gasteiger partial charge in [0.15, 0.2) is 0 Å². The topological polar surface area (TPSA) is 126 Å². The summed E-state index contributed by atoms with van der Waals surface area (Å²) in [5, 5.41) is 8.73. The molecular formula is C9H8N4O4. The number of imide groups is 1. The Morgan fingerprint density at radius 3 is 2.53 bits per heavy atom. The summed E-state index contributed by atoms with van der Waals surface area (Å²) in [6, 6.07) is 0. The van der Waals surface area contributed by atoms with Crippen molar-refractivity contribution >= 4 is 23.6 Å². The smallest absolute Gasteiger partial charge is 0.374 e. The molecule has 0 atom stereocenters. The van der Waals surface area contributed by atoms with Gasteiger partial charge in [0.1, 0.15) is 17.1 Å². The number of hydrogen-bond donors (Lipinski definition) is 2. The highest BCUT2D eigenvalue weighted by atomic mass is 16.4. The van der Waals surface area contributed by atoms with Crippen molar-refractivity contribution in [2.45, 2.75) is 6.92 Å². The zero-order chi connectivity index (χ0) is 12.7. The Labute approximate surface area is 95.1 Å². The number of carboxylic acids is 1. The Morgan fingerprint density at radius 2 is 2.00 bits per heavy atom. The summed E-state index contributed by atoms with van der Waals surface area (Å²) < 4.78 is 0. The maximum absolute atomic E-state index is 11.7. The Balaban J connectivity index is 2.66. The van der Waals surface area contributed by atoms with Crippen molar-refractivity contribution in [3.63, 3.8) is 0 Å². The van der Waals surface area contributed by atoms with Gasteiger partial charge in [-0.25, -0.2) is 14.8 Å². The summed E-state index contributed by atoms with van der Waals surface area (Å²) in [7, 11) is 0. The molecule has 0 spiro atoms. The number of carbonyl (C=O) groups excluding carboxylic acids is 2. The summed E-state index contributed by atoms with van der Waals surface area (Å²) in [6.45, 7) is 1.78. The lowest BCUT2D eigenvalue weighted by molar-refractivity contribution is 0.0660. The molecule has 88 valence electrons. The third kappa shape index (κ3) is 1.41. The van der Waals surface area contributed by atoms with Crippen molar-refractivity contribution in [1.29, 1.82) is 0 Å². The minimum absolute atomic E-state index is 0.123. The number of aromatic nitrogens is 2. The third-order valence-electron chi connectivity index (χ3n) is 2.35. The van der Waals surface area contributed by atoms with E-state index in [1.807, 2.05) is 0 Å². The van der Waals surface area contributed by atoms with Crippen molar-refractivity contribution in [3.05, 3.63) is 17.1 Å². The Hall–Kier alpha value is -2.51. The van der Waals surface area contributed by atoms with Gasteiger partial charge in [-0.3, -0.25) is 14.5 Å². The fourth-order valence-electron chi connectivity index (χ4n) is 1.58. The molecule has 2 heterocycles. The molecule has 2 rings (SSSR count). The van der Waals surface area contributed by atoms with E-state index in [-0.39, 0.29) is 23.6 Å². The lowest BCUT2D eigenvalue weighted by Gasteiger charge is -2.08. The molecule has 3 N–H and O–H groups in total. The fraction of sp³-hybridized carbons (Fsp3) is 0.222. The highest BCUT2D eigenvalue weighted by Crippen LogP contribution is 2.24. The molecule has 0 unspecified atom stereocenters. The van der Waals surface area contributed by atoms with Crippen LogP contribution in [0.4, 0.5) is 5.82 Å². The highest BCUT2D eigenvalue weighted by Gasteiger charge is 2.39.